The van der Waals surface area contributed by atoms with Crippen molar-refractivity contribution in [3.63, 3.8) is 0 Å². The fourth-order valence-corrected chi connectivity index (χ4v) is 3.78. The number of aromatic nitrogens is 3. The normalized spacial score (nSPS) is 17.4. The van der Waals surface area contributed by atoms with E-state index in [1.54, 1.807) is 22.7 Å². The van der Waals surface area contributed by atoms with Crippen molar-refractivity contribution in [3.8, 4) is 0 Å². The number of hydrogen-bond acceptors (Lipinski definition) is 4. The van der Waals surface area contributed by atoms with E-state index in [1.807, 2.05) is 30.3 Å². The van der Waals surface area contributed by atoms with Crippen molar-refractivity contribution in [2.45, 2.75) is 13.0 Å². The van der Waals surface area contributed by atoms with Crippen molar-refractivity contribution in [2.24, 2.45) is 0 Å². The zero-order valence-corrected chi connectivity index (χ0v) is 15.8. The smallest absolute Gasteiger partial charge is 0.350 e. The van der Waals surface area contributed by atoms with E-state index in [2.05, 4.69) is 10.00 Å². The highest BCUT2D eigenvalue weighted by molar-refractivity contribution is 6.30. The summed E-state index contributed by atoms with van der Waals surface area (Å²) in [5.41, 5.74) is 1.27. The zero-order chi connectivity index (χ0) is 18.9. The number of nitrogens with zero attached hydrogens (tertiary/aromatic N) is 5. The molecule has 8 heteroatoms. The SMILES string of the molecule is O=c1n(CCCN2CC[N+]([O-])(c3cccc(Cl)c3)CC2)nc2ccccn12. The Hall–Kier alpha value is -2.19. The minimum atomic E-state index is -0.330. The van der Waals surface area contributed by atoms with Crippen LogP contribution in [0.4, 0.5) is 5.69 Å². The highest BCUT2D eigenvalue weighted by Crippen LogP contribution is 2.27. The molecule has 3 heterocycles. The maximum absolute atomic E-state index is 13.1. The molecule has 0 atom stereocenters. The summed E-state index contributed by atoms with van der Waals surface area (Å²) in [4.78, 5) is 14.6. The molecule has 7 nitrogen and oxygen atoms in total. The minimum Gasteiger partial charge on any atom is -0.627 e. The largest absolute Gasteiger partial charge is 0.627 e. The third-order valence-electron chi connectivity index (χ3n) is 5.17. The molecule has 1 saturated heterocycles. The second kappa shape index (κ2) is 7.44. The molecule has 142 valence electrons. The molecule has 0 N–H and O–H groups in total. The van der Waals surface area contributed by atoms with Gasteiger partial charge in [0.25, 0.3) is 0 Å². The Morgan fingerprint density at radius 1 is 1.11 bits per heavy atom. The van der Waals surface area contributed by atoms with Crippen LogP contribution in [0.1, 0.15) is 6.42 Å². The van der Waals surface area contributed by atoms with Crippen LogP contribution in [-0.2, 0) is 6.54 Å². The van der Waals surface area contributed by atoms with Gasteiger partial charge >= 0.3 is 5.69 Å². The minimum absolute atomic E-state index is 0.111. The van der Waals surface area contributed by atoms with Crippen molar-refractivity contribution in [2.75, 3.05) is 32.7 Å². The van der Waals surface area contributed by atoms with Gasteiger partial charge in [-0.15, -0.1) is 5.10 Å². The average molecular weight is 388 g/mol. The van der Waals surface area contributed by atoms with Crippen molar-refractivity contribution in [3.05, 3.63) is 69.4 Å². The average Bonchev–Trinajstić information content (AvgIpc) is 3.00. The van der Waals surface area contributed by atoms with E-state index in [-0.39, 0.29) is 10.3 Å². The van der Waals surface area contributed by atoms with Gasteiger partial charge < -0.3 is 9.85 Å². The Morgan fingerprint density at radius 3 is 2.67 bits per heavy atom. The van der Waals surface area contributed by atoms with Gasteiger partial charge in [0.05, 0.1) is 13.1 Å². The van der Waals surface area contributed by atoms with Crippen molar-refractivity contribution in [1.82, 2.24) is 23.7 Å². The van der Waals surface area contributed by atoms with Crippen LogP contribution in [0.25, 0.3) is 5.65 Å². The number of hydroxylamine groups is 2. The van der Waals surface area contributed by atoms with Gasteiger partial charge in [0.2, 0.25) is 0 Å². The first-order valence-corrected chi connectivity index (χ1v) is 9.54. The number of hydrogen-bond donors (Lipinski definition) is 0. The number of halogens is 1. The summed E-state index contributed by atoms with van der Waals surface area (Å²) in [6, 6.07) is 12.7. The molecule has 27 heavy (non-hydrogen) atoms. The highest BCUT2D eigenvalue weighted by Gasteiger charge is 2.27. The van der Waals surface area contributed by atoms with E-state index in [1.165, 1.54) is 4.68 Å². The summed E-state index contributed by atoms with van der Waals surface area (Å²) in [5.74, 6) is 0. The van der Waals surface area contributed by atoms with E-state index in [9.17, 15) is 10.0 Å². The maximum Gasteiger partial charge on any atom is 0.350 e. The summed E-state index contributed by atoms with van der Waals surface area (Å²) < 4.78 is 2.73. The molecule has 2 aromatic heterocycles. The van der Waals surface area contributed by atoms with Crippen LogP contribution in [0.2, 0.25) is 5.02 Å². The van der Waals surface area contributed by atoms with Gasteiger partial charge in [-0.25, -0.2) is 9.48 Å². The van der Waals surface area contributed by atoms with Gasteiger partial charge in [-0.3, -0.25) is 9.30 Å². The van der Waals surface area contributed by atoms with E-state index in [4.69, 9.17) is 11.6 Å². The maximum atomic E-state index is 13.1. The molecule has 1 aliphatic rings. The molecule has 0 spiro atoms. The number of rotatable bonds is 5. The number of quaternary nitrogens is 1. The molecular formula is C19H22ClN5O2. The topological polar surface area (TPSA) is 65.6 Å². The summed E-state index contributed by atoms with van der Waals surface area (Å²) in [5, 5.41) is 18.0. The first-order valence-electron chi connectivity index (χ1n) is 9.16. The molecule has 0 bridgehead atoms. The second-order valence-corrected chi connectivity index (χ2v) is 7.38. The lowest BCUT2D eigenvalue weighted by atomic mass is 10.2. The Morgan fingerprint density at radius 2 is 1.93 bits per heavy atom. The van der Waals surface area contributed by atoms with E-state index in [0.29, 0.717) is 30.3 Å². The van der Waals surface area contributed by atoms with E-state index in [0.717, 1.165) is 31.7 Å². The van der Waals surface area contributed by atoms with Crippen LogP contribution >= 0.6 is 11.6 Å². The summed E-state index contributed by atoms with van der Waals surface area (Å²) in [6.45, 7) is 3.90. The lowest BCUT2D eigenvalue weighted by Gasteiger charge is -2.47. The Labute approximate surface area is 162 Å². The molecule has 4 rings (SSSR count). The number of fused-ring (bicyclic) bond motifs is 1. The Bertz CT molecular complexity index is 991. The molecule has 3 aromatic rings. The van der Waals surface area contributed by atoms with E-state index < -0.39 is 0 Å². The fraction of sp³-hybridized carbons (Fsp3) is 0.368. The third kappa shape index (κ3) is 3.77. The molecule has 0 unspecified atom stereocenters. The molecule has 1 aromatic carbocycles. The fourth-order valence-electron chi connectivity index (χ4n) is 3.60. The van der Waals surface area contributed by atoms with E-state index >= 15 is 0 Å². The monoisotopic (exact) mass is 387 g/mol. The molecule has 1 fully saturated rings. The number of aryl methyl sites for hydroxylation is 1. The second-order valence-electron chi connectivity index (χ2n) is 6.95. The van der Waals surface area contributed by atoms with Crippen LogP contribution in [0.3, 0.4) is 0 Å². The van der Waals surface area contributed by atoms with Crippen molar-refractivity contribution < 1.29 is 0 Å². The highest BCUT2D eigenvalue weighted by atomic mass is 35.5. The summed E-state index contributed by atoms with van der Waals surface area (Å²) in [6.07, 6.45) is 2.55. The van der Waals surface area contributed by atoms with Gasteiger partial charge in [-0.05, 0) is 30.7 Å². The predicted molar refractivity (Wildman–Crippen MR) is 107 cm³/mol. The molecule has 0 amide bonds. The van der Waals surface area contributed by atoms with Crippen molar-refractivity contribution in [1.29, 1.82) is 0 Å². The van der Waals surface area contributed by atoms with Gasteiger partial charge in [-0.2, -0.15) is 0 Å². The van der Waals surface area contributed by atoms with Gasteiger partial charge in [0, 0.05) is 43.5 Å². The molecule has 1 aliphatic heterocycles. The molecule has 0 aliphatic carbocycles. The number of pyridine rings is 1. The first kappa shape index (κ1) is 18.2. The zero-order valence-electron chi connectivity index (χ0n) is 15.0. The van der Waals surface area contributed by atoms with Crippen LogP contribution in [0.5, 0.6) is 0 Å². The lowest BCUT2D eigenvalue weighted by molar-refractivity contribution is 0.166. The predicted octanol–water partition coefficient (Wildman–Crippen LogP) is 2.36. The van der Waals surface area contributed by atoms with Gasteiger partial charge in [0.1, 0.15) is 5.69 Å². The Balaban J connectivity index is 1.32. The van der Waals surface area contributed by atoms with Crippen LogP contribution in [0, 0.1) is 5.21 Å². The summed E-state index contributed by atoms with van der Waals surface area (Å²) in [7, 11) is 0. The lowest BCUT2D eigenvalue weighted by Crippen LogP contribution is -2.57. The van der Waals surface area contributed by atoms with Crippen LogP contribution < -0.4 is 10.3 Å². The van der Waals surface area contributed by atoms with Crippen molar-refractivity contribution >= 4 is 22.9 Å². The van der Waals surface area contributed by atoms with Gasteiger partial charge in [0.15, 0.2) is 5.65 Å². The summed E-state index contributed by atoms with van der Waals surface area (Å²) >= 11 is 6.03. The molecule has 0 radical (unpaired) electrons. The standard InChI is InChI=1S/C19H22ClN5O2/c20-16-5-3-6-17(15-16)25(27)13-11-22(12-14-25)8-4-10-24-19(26)23-9-2-1-7-18(23)21-24/h1-3,5-7,9,15H,4,8,10-14H2. The van der Waals surface area contributed by atoms with Crippen LogP contribution in [0.15, 0.2) is 53.5 Å². The number of benzene rings is 1. The van der Waals surface area contributed by atoms with Gasteiger partial charge in [-0.1, -0.05) is 23.7 Å². The molecular weight excluding hydrogens is 366 g/mol. The Kier molecular flexibility index (Phi) is 5.01. The quantitative estimate of drug-likeness (QED) is 0.498. The van der Waals surface area contributed by atoms with Crippen LogP contribution in [-0.4, -0.2) is 51.8 Å². The first-order chi connectivity index (χ1) is 13.0. The third-order valence-corrected chi connectivity index (χ3v) is 5.40. The number of piperazine rings is 1. The molecule has 0 saturated carbocycles.